The minimum absolute atomic E-state index is 0.0483. The van der Waals surface area contributed by atoms with Gasteiger partial charge in [-0.3, -0.25) is 0 Å². The molecular weight excluding hydrogens is 318 g/mol. The molecule has 0 aromatic heterocycles. The molecule has 2 aromatic rings. The van der Waals surface area contributed by atoms with Crippen LogP contribution in [0.2, 0.25) is 0 Å². The predicted molar refractivity (Wildman–Crippen MR) is 101 cm³/mol. The Labute approximate surface area is 150 Å². The minimum atomic E-state index is -0.0483. The highest BCUT2D eigenvalue weighted by Crippen LogP contribution is 2.30. The van der Waals surface area contributed by atoms with Crippen LogP contribution in [0.5, 0.6) is 0 Å². The van der Waals surface area contributed by atoms with Crippen molar-refractivity contribution in [2.45, 2.75) is 37.3 Å². The summed E-state index contributed by atoms with van der Waals surface area (Å²) in [6.45, 7) is 1.98. The summed E-state index contributed by atoms with van der Waals surface area (Å²) >= 11 is 6.16. The number of halogens is 1. The highest BCUT2D eigenvalue weighted by atomic mass is 35.5. The monoisotopic (exact) mass is 343 g/mol. The Hall–Kier alpha value is -1.35. The van der Waals surface area contributed by atoms with E-state index in [-0.39, 0.29) is 6.10 Å². The van der Waals surface area contributed by atoms with Gasteiger partial charge >= 0.3 is 0 Å². The third-order valence-electron chi connectivity index (χ3n) is 4.99. The Morgan fingerprint density at radius 1 is 1.12 bits per heavy atom. The van der Waals surface area contributed by atoms with Crippen LogP contribution in [0, 0.1) is 0 Å². The van der Waals surface area contributed by atoms with E-state index >= 15 is 0 Å². The highest BCUT2D eigenvalue weighted by molar-refractivity contribution is 6.17. The van der Waals surface area contributed by atoms with Crippen molar-refractivity contribution < 1.29 is 4.74 Å². The number of alkyl halides is 1. The van der Waals surface area contributed by atoms with Gasteiger partial charge in [-0.2, -0.15) is 0 Å². The summed E-state index contributed by atoms with van der Waals surface area (Å²) in [6.07, 6.45) is 3.63. The molecule has 0 aliphatic carbocycles. The van der Waals surface area contributed by atoms with Gasteiger partial charge in [-0.05, 0) is 49.5 Å². The Balaban J connectivity index is 1.75. The first-order valence-electron chi connectivity index (χ1n) is 8.80. The van der Waals surface area contributed by atoms with Crippen LogP contribution in [-0.4, -0.2) is 31.1 Å². The first-order chi connectivity index (χ1) is 11.8. The Kier molecular flexibility index (Phi) is 6.30. The molecule has 2 unspecified atom stereocenters. The third-order valence-corrected chi connectivity index (χ3v) is 5.28. The van der Waals surface area contributed by atoms with Gasteiger partial charge in [0.15, 0.2) is 0 Å². The van der Waals surface area contributed by atoms with E-state index in [0.29, 0.717) is 11.9 Å². The standard InChI is InChI=1S/C21H26ClNO/c1-23-14-7-11-19(23)13-15-24-21(17-8-3-2-4-9-17)20-12-6-5-10-18(20)16-22/h2-6,8-10,12,19,21H,7,11,13-16H2,1H3. The van der Waals surface area contributed by atoms with Gasteiger partial charge in [0.2, 0.25) is 0 Å². The molecule has 0 amide bonds. The zero-order chi connectivity index (χ0) is 16.8. The largest absolute Gasteiger partial charge is 0.369 e. The van der Waals surface area contributed by atoms with Crippen molar-refractivity contribution >= 4 is 11.6 Å². The summed E-state index contributed by atoms with van der Waals surface area (Å²) in [5, 5.41) is 0. The Bertz CT molecular complexity index is 631. The molecule has 1 fully saturated rings. The van der Waals surface area contributed by atoms with Gasteiger partial charge in [-0.25, -0.2) is 0 Å². The van der Waals surface area contributed by atoms with Gasteiger partial charge < -0.3 is 9.64 Å². The van der Waals surface area contributed by atoms with Crippen LogP contribution in [0.4, 0.5) is 0 Å². The molecule has 0 saturated carbocycles. The van der Waals surface area contributed by atoms with Crippen LogP contribution in [0.1, 0.15) is 42.1 Å². The van der Waals surface area contributed by atoms with E-state index in [4.69, 9.17) is 16.3 Å². The summed E-state index contributed by atoms with van der Waals surface area (Å²) < 4.78 is 6.38. The molecule has 1 aliphatic rings. The van der Waals surface area contributed by atoms with Crippen molar-refractivity contribution in [3.05, 3.63) is 71.3 Å². The number of hydrogen-bond donors (Lipinski definition) is 0. The van der Waals surface area contributed by atoms with Crippen molar-refractivity contribution in [1.29, 1.82) is 0 Å². The van der Waals surface area contributed by atoms with E-state index in [1.807, 2.05) is 12.1 Å². The first kappa shape index (κ1) is 17.5. The van der Waals surface area contributed by atoms with E-state index in [9.17, 15) is 0 Å². The Morgan fingerprint density at radius 3 is 2.58 bits per heavy atom. The molecule has 2 atom stereocenters. The van der Waals surface area contributed by atoms with E-state index in [2.05, 4.69) is 54.4 Å². The first-order valence-corrected chi connectivity index (χ1v) is 9.33. The number of hydrogen-bond acceptors (Lipinski definition) is 2. The van der Waals surface area contributed by atoms with Gasteiger partial charge in [0, 0.05) is 18.5 Å². The summed E-state index contributed by atoms with van der Waals surface area (Å²) in [7, 11) is 2.22. The SMILES string of the molecule is CN1CCCC1CCOC(c1ccccc1)c1ccccc1CCl. The normalized spacial score (nSPS) is 19.5. The van der Waals surface area contributed by atoms with E-state index in [0.717, 1.165) is 18.6 Å². The van der Waals surface area contributed by atoms with E-state index < -0.39 is 0 Å². The van der Waals surface area contributed by atoms with E-state index in [1.165, 1.54) is 30.5 Å². The lowest BCUT2D eigenvalue weighted by Gasteiger charge is -2.24. The lowest BCUT2D eigenvalue weighted by molar-refractivity contribution is 0.0657. The number of ether oxygens (including phenoxy) is 1. The lowest BCUT2D eigenvalue weighted by atomic mass is 9.97. The second kappa shape index (κ2) is 8.66. The molecule has 0 spiro atoms. The van der Waals surface area contributed by atoms with Crippen molar-refractivity contribution in [2.24, 2.45) is 0 Å². The van der Waals surface area contributed by atoms with Gasteiger partial charge in [0.1, 0.15) is 6.10 Å². The number of likely N-dealkylation sites (tertiary alicyclic amines) is 1. The fraction of sp³-hybridized carbons (Fsp3) is 0.429. The smallest absolute Gasteiger partial charge is 0.108 e. The quantitative estimate of drug-likeness (QED) is 0.655. The summed E-state index contributed by atoms with van der Waals surface area (Å²) in [4.78, 5) is 2.45. The number of benzene rings is 2. The topological polar surface area (TPSA) is 12.5 Å². The fourth-order valence-corrected chi connectivity index (χ4v) is 3.81. The maximum absolute atomic E-state index is 6.38. The summed E-state index contributed by atoms with van der Waals surface area (Å²) in [6, 6.07) is 19.4. The molecule has 1 heterocycles. The van der Waals surface area contributed by atoms with Gasteiger partial charge in [-0.15, -0.1) is 11.6 Å². The van der Waals surface area contributed by atoms with E-state index in [1.54, 1.807) is 0 Å². The average Bonchev–Trinajstić information content (AvgIpc) is 3.04. The van der Waals surface area contributed by atoms with Crippen molar-refractivity contribution in [3.63, 3.8) is 0 Å². The molecule has 3 heteroatoms. The van der Waals surface area contributed by atoms with Gasteiger partial charge in [-0.1, -0.05) is 54.6 Å². The second-order valence-corrected chi connectivity index (χ2v) is 6.83. The van der Waals surface area contributed by atoms with Crippen LogP contribution in [0.25, 0.3) is 0 Å². The van der Waals surface area contributed by atoms with Crippen molar-refractivity contribution in [3.8, 4) is 0 Å². The molecule has 3 rings (SSSR count). The van der Waals surface area contributed by atoms with Gasteiger partial charge in [0.25, 0.3) is 0 Å². The molecule has 0 N–H and O–H groups in total. The second-order valence-electron chi connectivity index (χ2n) is 6.56. The lowest BCUT2D eigenvalue weighted by Crippen LogP contribution is -2.26. The van der Waals surface area contributed by atoms with Gasteiger partial charge in [0.05, 0.1) is 0 Å². The molecule has 128 valence electrons. The van der Waals surface area contributed by atoms with Crippen molar-refractivity contribution in [1.82, 2.24) is 4.90 Å². The molecule has 1 aliphatic heterocycles. The Morgan fingerprint density at radius 2 is 1.88 bits per heavy atom. The molecule has 0 radical (unpaired) electrons. The molecular formula is C21H26ClNO. The predicted octanol–water partition coefficient (Wildman–Crippen LogP) is 5.02. The van der Waals surface area contributed by atoms with Crippen LogP contribution in [0.3, 0.4) is 0 Å². The van der Waals surface area contributed by atoms with Crippen LogP contribution >= 0.6 is 11.6 Å². The van der Waals surface area contributed by atoms with Crippen LogP contribution in [-0.2, 0) is 10.6 Å². The van der Waals surface area contributed by atoms with Crippen molar-refractivity contribution in [2.75, 3.05) is 20.2 Å². The summed E-state index contributed by atoms with van der Waals surface area (Å²) in [5.74, 6) is 0.508. The van der Waals surface area contributed by atoms with Crippen LogP contribution < -0.4 is 0 Å². The number of nitrogens with zero attached hydrogens (tertiary/aromatic N) is 1. The molecule has 2 nitrogen and oxygen atoms in total. The molecule has 1 saturated heterocycles. The highest BCUT2D eigenvalue weighted by Gasteiger charge is 2.22. The maximum atomic E-state index is 6.38. The zero-order valence-electron chi connectivity index (χ0n) is 14.3. The fourth-order valence-electron chi connectivity index (χ4n) is 3.57. The minimum Gasteiger partial charge on any atom is -0.369 e. The molecule has 24 heavy (non-hydrogen) atoms. The molecule has 2 aromatic carbocycles. The number of rotatable bonds is 7. The van der Waals surface area contributed by atoms with Crippen LogP contribution in [0.15, 0.2) is 54.6 Å². The maximum Gasteiger partial charge on any atom is 0.108 e. The molecule has 0 bridgehead atoms. The third kappa shape index (κ3) is 4.18. The summed E-state index contributed by atoms with van der Waals surface area (Å²) in [5.41, 5.74) is 3.51. The zero-order valence-corrected chi connectivity index (χ0v) is 15.1. The average molecular weight is 344 g/mol.